The number of amides is 1. The lowest BCUT2D eigenvalue weighted by Gasteiger charge is -2.37. The van der Waals surface area contributed by atoms with Crippen molar-refractivity contribution >= 4 is 16.8 Å². The first kappa shape index (κ1) is 20.2. The van der Waals surface area contributed by atoms with E-state index in [1.165, 1.54) is 5.56 Å². The van der Waals surface area contributed by atoms with Gasteiger partial charge < -0.3 is 14.7 Å². The van der Waals surface area contributed by atoms with Gasteiger partial charge in [0.25, 0.3) is 5.91 Å². The molecule has 2 saturated heterocycles. The van der Waals surface area contributed by atoms with Gasteiger partial charge >= 0.3 is 0 Å². The van der Waals surface area contributed by atoms with Gasteiger partial charge in [-0.15, -0.1) is 0 Å². The van der Waals surface area contributed by atoms with E-state index in [1.54, 1.807) is 4.90 Å². The fourth-order valence-corrected chi connectivity index (χ4v) is 4.76. The number of carbonyl (C=O) groups is 1. The molecule has 3 aromatic rings. The van der Waals surface area contributed by atoms with Crippen LogP contribution in [0.1, 0.15) is 24.8 Å². The number of nitrogens with zero attached hydrogens (tertiary/aromatic N) is 2. The zero-order valence-corrected chi connectivity index (χ0v) is 17.6. The largest absolute Gasteiger partial charge is 0.391 e. The zero-order chi connectivity index (χ0) is 21.2. The second kappa shape index (κ2) is 8.77. The molecule has 1 amide bonds. The maximum atomic E-state index is 12.5. The van der Waals surface area contributed by atoms with Crippen molar-refractivity contribution in [3.05, 3.63) is 66.4 Å². The second-order valence-electron chi connectivity index (χ2n) is 8.72. The maximum absolute atomic E-state index is 12.5. The number of likely N-dealkylation sites (tertiary alicyclic amines) is 1. The fourth-order valence-electron chi connectivity index (χ4n) is 4.76. The molecule has 2 aliphatic rings. The van der Waals surface area contributed by atoms with Gasteiger partial charge in [-0.05, 0) is 54.9 Å². The Morgan fingerprint density at radius 3 is 2.71 bits per heavy atom. The van der Waals surface area contributed by atoms with E-state index >= 15 is 0 Å². The van der Waals surface area contributed by atoms with Crippen molar-refractivity contribution in [3.8, 4) is 11.1 Å². The van der Waals surface area contributed by atoms with Crippen LogP contribution in [-0.2, 0) is 16.0 Å². The number of hydrogen-bond donors (Lipinski definition) is 1. The van der Waals surface area contributed by atoms with Crippen LogP contribution in [-0.4, -0.2) is 52.8 Å². The first-order valence-corrected chi connectivity index (χ1v) is 11.2. The summed E-state index contributed by atoms with van der Waals surface area (Å²) in [6.45, 7) is 1.77. The van der Waals surface area contributed by atoms with Gasteiger partial charge in [-0.1, -0.05) is 42.5 Å². The first-order valence-electron chi connectivity index (χ1n) is 11.2. The van der Waals surface area contributed by atoms with Crippen molar-refractivity contribution in [2.24, 2.45) is 5.92 Å². The lowest BCUT2D eigenvalue weighted by molar-refractivity contribution is -0.145. The molecule has 3 heterocycles. The molecule has 2 aromatic carbocycles. The number of aromatic nitrogens is 1. The number of ether oxygens (including phenoxy) is 1. The summed E-state index contributed by atoms with van der Waals surface area (Å²) in [5.41, 5.74) is 4.45. The van der Waals surface area contributed by atoms with Crippen molar-refractivity contribution in [1.29, 1.82) is 0 Å². The molecule has 0 spiro atoms. The number of β-amino-alcohol motifs (C(OH)–C–C–N with tert-alkyl or cyclic N) is 1. The average Bonchev–Trinajstić information content (AvgIpc) is 3.35. The number of carbonyl (C=O) groups excluding carboxylic acids is 1. The summed E-state index contributed by atoms with van der Waals surface area (Å²) in [6, 6.07) is 18.8. The summed E-state index contributed by atoms with van der Waals surface area (Å²) >= 11 is 0. The van der Waals surface area contributed by atoms with Gasteiger partial charge in [0.05, 0.1) is 11.6 Å². The molecular weight excluding hydrogens is 388 g/mol. The molecule has 0 saturated carbocycles. The summed E-state index contributed by atoms with van der Waals surface area (Å²) in [5.74, 6) is 0.213. The molecular formula is C26H28N2O3. The lowest BCUT2D eigenvalue weighted by Crippen LogP contribution is -2.50. The lowest BCUT2D eigenvalue weighted by atomic mass is 9.87. The zero-order valence-electron chi connectivity index (χ0n) is 17.6. The van der Waals surface area contributed by atoms with Gasteiger partial charge in [0.1, 0.15) is 6.10 Å². The molecule has 31 heavy (non-hydrogen) atoms. The number of pyridine rings is 1. The third kappa shape index (κ3) is 4.34. The highest BCUT2D eigenvalue weighted by molar-refractivity contribution is 5.83. The minimum atomic E-state index is -0.497. The summed E-state index contributed by atoms with van der Waals surface area (Å²) in [5, 5.41) is 11.8. The molecule has 5 nitrogen and oxygen atoms in total. The van der Waals surface area contributed by atoms with Crippen LogP contribution in [0.2, 0.25) is 0 Å². The van der Waals surface area contributed by atoms with E-state index in [4.69, 9.17) is 4.74 Å². The molecule has 2 aliphatic heterocycles. The summed E-state index contributed by atoms with van der Waals surface area (Å²) < 4.78 is 5.52. The van der Waals surface area contributed by atoms with E-state index in [2.05, 4.69) is 41.4 Å². The SMILES string of the molecule is O=C([C@H]1CCCO1)N1CC[C@H](Cc2ccc(-c3cnc4ccccc4c3)cc2)[C@@H](O)C1. The first-order chi connectivity index (χ1) is 15.2. The molecule has 5 rings (SSSR count). The summed E-state index contributed by atoms with van der Waals surface area (Å²) in [7, 11) is 0. The van der Waals surface area contributed by atoms with Crippen molar-refractivity contribution in [2.75, 3.05) is 19.7 Å². The number of piperidine rings is 1. The Kier molecular flexibility index (Phi) is 5.70. The molecule has 3 atom stereocenters. The van der Waals surface area contributed by atoms with E-state index in [-0.39, 0.29) is 17.9 Å². The third-order valence-electron chi connectivity index (χ3n) is 6.61. The standard InChI is InChI=1S/C26H28N2O3/c29-24-17-28(26(30)25-6-3-13-31-25)12-11-21(24)14-18-7-9-19(10-8-18)22-15-20-4-1-2-5-23(20)27-16-22/h1-2,4-5,7-10,15-16,21,24-25,29H,3,6,11-14,17H2/t21-,24+,25-/m1/s1. The van der Waals surface area contributed by atoms with Crippen LogP contribution >= 0.6 is 0 Å². The van der Waals surface area contributed by atoms with Crippen LogP contribution in [0.25, 0.3) is 22.0 Å². The van der Waals surface area contributed by atoms with Crippen LogP contribution < -0.4 is 0 Å². The number of fused-ring (bicyclic) bond motifs is 1. The quantitative estimate of drug-likeness (QED) is 0.702. The molecule has 1 aromatic heterocycles. The second-order valence-corrected chi connectivity index (χ2v) is 8.72. The van der Waals surface area contributed by atoms with Gasteiger partial charge in [0.2, 0.25) is 0 Å². The Hall–Kier alpha value is -2.76. The molecule has 0 unspecified atom stereocenters. The predicted molar refractivity (Wildman–Crippen MR) is 121 cm³/mol. The Morgan fingerprint density at radius 2 is 1.94 bits per heavy atom. The monoisotopic (exact) mass is 416 g/mol. The average molecular weight is 417 g/mol. The summed E-state index contributed by atoms with van der Waals surface area (Å²) in [4.78, 5) is 18.9. The van der Waals surface area contributed by atoms with E-state index in [9.17, 15) is 9.90 Å². The molecule has 5 heteroatoms. The van der Waals surface area contributed by atoms with Crippen molar-refractivity contribution in [1.82, 2.24) is 9.88 Å². The normalized spacial score (nSPS) is 23.9. The highest BCUT2D eigenvalue weighted by Crippen LogP contribution is 2.27. The number of benzene rings is 2. The number of aliphatic hydroxyl groups is 1. The van der Waals surface area contributed by atoms with Crippen molar-refractivity contribution in [3.63, 3.8) is 0 Å². The molecule has 160 valence electrons. The number of hydrogen-bond acceptors (Lipinski definition) is 4. The molecule has 0 bridgehead atoms. The van der Waals surface area contributed by atoms with E-state index < -0.39 is 6.10 Å². The van der Waals surface area contributed by atoms with Crippen LogP contribution in [0.5, 0.6) is 0 Å². The fraction of sp³-hybridized carbons (Fsp3) is 0.385. The number of para-hydroxylation sites is 1. The molecule has 1 N–H and O–H groups in total. The minimum Gasteiger partial charge on any atom is -0.391 e. The van der Waals surface area contributed by atoms with Gasteiger partial charge in [0.15, 0.2) is 0 Å². The number of aliphatic hydroxyl groups excluding tert-OH is 1. The Morgan fingerprint density at radius 1 is 1.10 bits per heavy atom. The van der Waals surface area contributed by atoms with Crippen LogP contribution in [0.4, 0.5) is 0 Å². The molecule has 0 radical (unpaired) electrons. The van der Waals surface area contributed by atoms with Crippen molar-refractivity contribution in [2.45, 2.75) is 37.9 Å². The highest BCUT2D eigenvalue weighted by atomic mass is 16.5. The maximum Gasteiger partial charge on any atom is 0.251 e. The van der Waals surface area contributed by atoms with Crippen LogP contribution in [0.3, 0.4) is 0 Å². The highest BCUT2D eigenvalue weighted by Gasteiger charge is 2.34. The minimum absolute atomic E-state index is 0.0448. The van der Waals surface area contributed by atoms with E-state index in [0.29, 0.717) is 19.7 Å². The smallest absolute Gasteiger partial charge is 0.251 e. The van der Waals surface area contributed by atoms with Gasteiger partial charge in [0, 0.05) is 36.8 Å². The molecule has 0 aliphatic carbocycles. The predicted octanol–water partition coefficient (Wildman–Crippen LogP) is 3.83. The van der Waals surface area contributed by atoms with Gasteiger partial charge in [-0.2, -0.15) is 0 Å². The van der Waals surface area contributed by atoms with Crippen molar-refractivity contribution < 1.29 is 14.6 Å². The molecule has 2 fully saturated rings. The Labute approximate surface area is 182 Å². The van der Waals surface area contributed by atoms with E-state index in [0.717, 1.165) is 47.7 Å². The Balaban J connectivity index is 1.22. The van der Waals surface area contributed by atoms with Crippen LogP contribution in [0.15, 0.2) is 60.8 Å². The van der Waals surface area contributed by atoms with E-state index in [1.807, 2.05) is 24.4 Å². The van der Waals surface area contributed by atoms with Gasteiger partial charge in [-0.3, -0.25) is 9.78 Å². The Bertz CT molecular complexity index is 1060. The van der Waals surface area contributed by atoms with Crippen LogP contribution in [0, 0.1) is 5.92 Å². The number of rotatable bonds is 4. The van der Waals surface area contributed by atoms with Gasteiger partial charge in [-0.25, -0.2) is 0 Å². The third-order valence-corrected chi connectivity index (χ3v) is 6.61. The summed E-state index contributed by atoms with van der Waals surface area (Å²) in [6.07, 6.45) is 4.50. The topological polar surface area (TPSA) is 62.7 Å².